The minimum absolute atomic E-state index is 0.0652. The van der Waals surface area contributed by atoms with Crippen molar-refractivity contribution in [2.24, 2.45) is 0 Å². The number of β-amino-alcohol motifs (C(OH)–C–C–N with tert-alkyl or cyclic N) is 1. The van der Waals surface area contributed by atoms with Crippen LogP contribution in [0.15, 0.2) is 18.2 Å². The topological polar surface area (TPSA) is 73.7 Å². The second kappa shape index (κ2) is 3.86. The Hall–Kier alpha value is -1.62. The Balaban J connectivity index is 2.09. The zero-order valence-electron chi connectivity index (χ0n) is 8.13. The van der Waals surface area contributed by atoms with Gasteiger partial charge in [-0.05, 0) is 12.1 Å². The molecule has 15 heavy (non-hydrogen) atoms. The van der Waals surface area contributed by atoms with Crippen LogP contribution in [0.25, 0.3) is 0 Å². The standard InChI is InChI=1S/C10H12N2O3/c13-8-5-12(6-8)9-3-1-2-7(11-9)4-10(14)15/h1-3,8,13H,4-6H2,(H,14,15). The number of aliphatic carboxylic acids is 1. The van der Waals surface area contributed by atoms with Crippen molar-refractivity contribution in [3.8, 4) is 0 Å². The van der Waals surface area contributed by atoms with Crippen molar-refractivity contribution in [3.05, 3.63) is 23.9 Å². The average Bonchev–Trinajstić information content (AvgIpc) is 2.12. The Morgan fingerprint density at radius 1 is 1.53 bits per heavy atom. The summed E-state index contributed by atoms with van der Waals surface area (Å²) in [7, 11) is 0. The van der Waals surface area contributed by atoms with Gasteiger partial charge in [0.15, 0.2) is 0 Å². The van der Waals surface area contributed by atoms with Crippen LogP contribution in [0.2, 0.25) is 0 Å². The van der Waals surface area contributed by atoms with Gasteiger partial charge < -0.3 is 15.1 Å². The van der Waals surface area contributed by atoms with Gasteiger partial charge in [0, 0.05) is 13.1 Å². The molecule has 0 saturated carbocycles. The first-order chi connectivity index (χ1) is 7.15. The van der Waals surface area contributed by atoms with Crippen LogP contribution < -0.4 is 4.90 Å². The lowest BCUT2D eigenvalue weighted by Gasteiger charge is -2.36. The molecule has 0 unspecified atom stereocenters. The number of nitrogens with zero attached hydrogens (tertiary/aromatic N) is 2. The highest BCUT2D eigenvalue weighted by molar-refractivity contribution is 5.69. The van der Waals surface area contributed by atoms with Gasteiger partial charge in [-0.3, -0.25) is 4.79 Å². The minimum atomic E-state index is -0.886. The van der Waals surface area contributed by atoms with Crippen LogP contribution in [-0.2, 0) is 11.2 Å². The molecule has 0 spiro atoms. The van der Waals surface area contributed by atoms with E-state index in [0.717, 1.165) is 5.82 Å². The molecule has 0 amide bonds. The molecule has 5 heteroatoms. The number of hydrogen-bond acceptors (Lipinski definition) is 4. The van der Waals surface area contributed by atoms with Gasteiger partial charge in [-0.15, -0.1) is 0 Å². The molecule has 1 aromatic heterocycles. The largest absolute Gasteiger partial charge is 0.481 e. The summed E-state index contributed by atoms with van der Waals surface area (Å²) in [4.78, 5) is 16.6. The molecular weight excluding hydrogens is 196 g/mol. The third-order valence-electron chi connectivity index (χ3n) is 2.31. The summed E-state index contributed by atoms with van der Waals surface area (Å²) in [6.07, 6.45) is -0.348. The number of aromatic nitrogens is 1. The van der Waals surface area contributed by atoms with E-state index in [2.05, 4.69) is 4.98 Å². The highest BCUT2D eigenvalue weighted by Gasteiger charge is 2.25. The molecule has 1 saturated heterocycles. The Morgan fingerprint density at radius 2 is 2.27 bits per heavy atom. The van der Waals surface area contributed by atoms with E-state index in [1.54, 1.807) is 12.1 Å². The number of hydrogen-bond donors (Lipinski definition) is 2. The number of aliphatic hydroxyl groups is 1. The fourth-order valence-corrected chi connectivity index (χ4v) is 1.54. The highest BCUT2D eigenvalue weighted by atomic mass is 16.4. The van der Waals surface area contributed by atoms with Gasteiger partial charge >= 0.3 is 5.97 Å². The Labute approximate surface area is 87.0 Å². The van der Waals surface area contributed by atoms with E-state index >= 15 is 0 Å². The van der Waals surface area contributed by atoms with Gasteiger partial charge in [-0.25, -0.2) is 4.98 Å². The van der Waals surface area contributed by atoms with Crippen molar-refractivity contribution < 1.29 is 15.0 Å². The third kappa shape index (κ3) is 2.24. The molecule has 1 aromatic rings. The van der Waals surface area contributed by atoms with E-state index in [4.69, 9.17) is 10.2 Å². The lowest BCUT2D eigenvalue weighted by molar-refractivity contribution is -0.136. The first-order valence-electron chi connectivity index (χ1n) is 4.76. The SMILES string of the molecule is O=C(O)Cc1cccc(N2CC(O)C2)n1. The molecule has 2 N–H and O–H groups in total. The van der Waals surface area contributed by atoms with Gasteiger partial charge in [0.1, 0.15) is 5.82 Å². The van der Waals surface area contributed by atoms with Crippen molar-refractivity contribution in [1.82, 2.24) is 4.98 Å². The Bertz CT molecular complexity index is 375. The summed E-state index contributed by atoms with van der Waals surface area (Å²) in [6.45, 7) is 1.15. The zero-order valence-corrected chi connectivity index (χ0v) is 8.13. The van der Waals surface area contributed by atoms with Crippen molar-refractivity contribution >= 4 is 11.8 Å². The van der Waals surface area contributed by atoms with Gasteiger partial charge in [0.2, 0.25) is 0 Å². The first kappa shape index (κ1) is 9.92. The predicted octanol–water partition coefficient (Wildman–Crippen LogP) is -0.110. The molecule has 0 radical (unpaired) electrons. The van der Waals surface area contributed by atoms with Gasteiger partial charge in [0.05, 0.1) is 18.2 Å². The maximum atomic E-state index is 10.5. The smallest absolute Gasteiger partial charge is 0.309 e. The van der Waals surface area contributed by atoms with Gasteiger partial charge in [-0.2, -0.15) is 0 Å². The fourth-order valence-electron chi connectivity index (χ4n) is 1.54. The molecule has 0 aromatic carbocycles. The summed E-state index contributed by atoms with van der Waals surface area (Å²) >= 11 is 0. The van der Waals surface area contributed by atoms with E-state index in [0.29, 0.717) is 18.8 Å². The normalized spacial score (nSPS) is 16.2. The number of carboxylic acid groups (broad SMARTS) is 1. The maximum Gasteiger partial charge on any atom is 0.309 e. The van der Waals surface area contributed by atoms with E-state index < -0.39 is 5.97 Å². The summed E-state index contributed by atoms with van der Waals surface area (Å²) in [5.41, 5.74) is 0.543. The average molecular weight is 208 g/mol. The molecular formula is C10H12N2O3. The molecule has 1 aliphatic heterocycles. The monoisotopic (exact) mass is 208 g/mol. The van der Waals surface area contributed by atoms with E-state index in [1.807, 2.05) is 11.0 Å². The lowest BCUT2D eigenvalue weighted by atomic mass is 10.1. The van der Waals surface area contributed by atoms with Gasteiger partial charge in [-0.1, -0.05) is 6.07 Å². The number of rotatable bonds is 3. The van der Waals surface area contributed by atoms with Crippen LogP contribution in [-0.4, -0.2) is 40.4 Å². The van der Waals surface area contributed by atoms with Gasteiger partial charge in [0.25, 0.3) is 0 Å². The molecule has 80 valence electrons. The molecule has 0 atom stereocenters. The van der Waals surface area contributed by atoms with Crippen molar-refractivity contribution in [2.75, 3.05) is 18.0 Å². The zero-order chi connectivity index (χ0) is 10.8. The molecule has 2 heterocycles. The molecule has 5 nitrogen and oxygen atoms in total. The summed E-state index contributed by atoms with van der Waals surface area (Å²) in [5.74, 6) is -0.151. The van der Waals surface area contributed by atoms with Crippen molar-refractivity contribution in [2.45, 2.75) is 12.5 Å². The number of pyridine rings is 1. The predicted molar refractivity (Wildman–Crippen MR) is 53.8 cm³/mol. The molecule has 0 bridgehead atoms. The summed E-state index contributed by atoms with van der Waals surface area (Å²) in [5, 5.41) is 17.7. The lowest BCUT2D eigenvalue weighted by Crippen LogP contribution is -2.51. The quantitative estimate of drug-likeness (QED) is 0.725. The van der Waals surface area contributed by atoms with Crippen LogP contribution in [0.1, 0.15) is 5.69 Å². The second-order valence-electron chi connectivity index (χ2n) is 3.62. The molecule has 2 rings (SSSR count). The third-order valence-corrected chi connectivity index (χ3v) is 2.31. The van der Waals surface area contributed by atoms with Crippen LogP contribution in [0.5, 0.6) is 0 Å². The molecule has 1 fully saturated rings. The Kier molecular flexibility index (Phi) is 2.55. The minimum Gasteiger partial charge on any atom is -0.481 e. The number of carboxylic acids is 1. The van der Waals surface area contributed by atoms with Crippen LogP contribution in [0, 0.1) is 0 Å². The number of anilines is 1. The van der Waals surface area contributed by atoms with E-state index in [-0.39, 0.29) is 12.5 Å². The molecule has 0 aliphatic carbocycles. The van der Waals surface area contributed by atoms with E-state index in [1.165, 1.54) is 0 Å². The maximum absolute atomic E-state index is 10.5. The fraction of sp³-hybridized carbons (Fsp3) is 0.400. The number of aliphatic hydroxyl groups excluding tert-OH is 1. The first-order valence-corrected chi connectivity index (χ1v) is 4.76. The van der Waals surface area contributed by atoms with Crippen LogP contribution >= 0.6 is 0 Å². The Morgan fingerprint density at radius 3 is 2.87 bits per heavy atom. The summed E-state index contributed by atoms with van der Waals surface area (Å²) < 4.78 is 0. The van der Waals surface area contributed by atoms with Crippen molar-refractivity contribution in [1.29, 1.82) is 0 Å². The number of carbonyl (C=O) groups is 1. The molecule has 1 aliphatic rings. The highest BCUT2D eigenvalue weighted by Crippen LogP contribution is 2.18. The van der Waals surface area contributed by atoms with Crippen LogP contribution in [0.4, 0.5) is 5.82 Å². The van der Waals surface area contributed by atoms with E-state index in [9.17, 15) is 4.79 Å². The second-order valence-corrected chi connectivity index (χ2v) is 3.62. The van der Waals surface area contributed by atoms with Crippen LogP contribution in [0.3, 0.4) is 0 Å². The van der Waals surface area contributed by atoms with Crippen molar-refractivity contribution in [3.63, 3.8) is 0 Å². The summed E-state index contributed by atoms with van der Waals surface area (Å²) in [6, 6.07) is 5.29.